The number of benzene rings is 1. The second kappa shape index (κ2) is 11.4. The first-order valence-corrected chi connectivity index (χ1v) is 9.70. The number of esters is 1. The molecule has 1 saturated heterocycles. The van der Waals surface area contributed by atoms with Crippen molar-refractivity contribution in [1.29, 1.82) is 0 Å². The number of hydrogen-bond acceptors (Lipinski definition) is 7. The Morgan fingerprint density at radius 2 is 1.71 bits per heavy atom. The minimum absolute atomic E-state index is 0.0354. The zero-order valence-electron chi connectivity index (χ0n) is 16.7. The van der Waals surface area contributed by atoms with Crippen molar-refractivity contribution in [3.05, 3.63) is 17.7 Å². The number of ether oxygens (including phenoxy) is 5. The highest BCUT2D eigenvalue weighted by atomic mass is 16.5. The smallest absolute Gasteiger partial charge is 0.338 e. The average molecular weight is 395 g/mol. The van der Waals surface area contributed by atoms with Gasteiger partial charge in [-0.25, -0.2) is 4.79 Å². The van der Waals surface area contributed by atoms with Gasteiger partial charge in [-0.05, 0) is 45.7 Å². The van der Waals surface area contributed by atoms with Crippen molar-refractivity contribution in [3.8, 4) is 17.2 Å². The molecule has 0 spiro atoms. The summed E-state index contributed by atoms with van der Waals surface area (Å²) in [6.07, 6.45) is 1.96. The van der Waals surface area contributed by atoms with Crippen LogP contribution in [-0.2, 0) is 14.3 Å². The Morgan fingerprint density at radius 1 is 1.07 bits per heavy atom. The van der Waals surface area contributed by atoms with Crippen LogP contribution in [0.3, 0.4) is 0 Å². The molecule has 156 valence electrons. The molecule has 1 heterocycles. The third-order valence-corrected chi connectivity index (χ3v) is 4.03. The highest BCUT2D eigenvalue weighted by Gasteiger charge is 2.20. The maximum absolute atomic E-state index is 12.4. The van der Waals surface area contributed by atoms with Gasteiger partial charge < -0.3 is 29.0 Å². The zero-order valence-corrected chi connectivity index (χ0v) is 16.7. The van der Waals surface area contributed by atoms with Crippen LogP contribution in [0.4, 0.5) is 0 Å². The molecule has 0 saturated carbocycles. The van der Waals surface area contributed by atoms with Crippen LogP contribution in [0.2, 0.25) is 0 Å². The monoisotopic (exact) mass is 395 g/mol. The Kier molecular flexibility index (Phi) is 8.87. The van der Waals surface area contributed by atoms with E-state index in [0.29, 0.717) is 43.6 Å². The lowest BCUT2D eigenvalue weighted by Gasteiger charge is -2.17. The fraction of sp³-hybridized carbons (Fsp3) is 0.600. The van der Waals surface area contributed by atoms with Crippen molar-refractivity contribution in [2.45, 2.75) is 39.7 Å². The molecule has 0 radical (unpaired) electrons. The molecule has 1 N–H and O–H groups in total. The molecule has 8 heteroatoms. The van der Waals surface area contributed by atoms with Gasteiger partial charge in [0.05, 0.1) is 31.5 Å². The van der Waals surface area contributed by atoms with Crippen LogP contribution in [-0.4, -0.2) is 57.6 Å². The Hall–Kier alpha value is -2.48. The lowest BCUT2D eigenvalue weighted by molar-refractivity contribution is -0.124. The topological polar surface area (TPSA) is 92.3 Å². The van der Waals surface area contributed by atoms with E-state index in [1.54, 1.807) is 0 Å². The summed E-state index contributed by atoms with van der Waals surface area (Å²) in [5.74, 6) is 0.217. The Labute approximate surface area is 165 Å². The fourth-order valence-corrected chi connectivity index (χ4v) is 2.80. The largest absolute Gasteiger partial charge is 0.490 e. The van der Waals surface area contributed by atoms with Gasteiger partial charge in [-0.1, -0.05) is 0 Å². The van der Waals surface area contributed by atoms with Crippen molar-refractivity contribution in [3.63, 3.8) is 0 Å². The molecule has 1 atom stereocenters. The van der Waals surface area contributed by atoms with Crippen molar-refractivity contribution in [2.24, 2.45) is 0 Å². The van der Waals surface area contributed by atoms with Gasteiger partial charge in [-0.15, -0.1) is 0 Å². The van der Waals surface area contributed by atoms with Crippen LogP contribution in [0, 0.1) is 0 Å². The van der Waals surface area contributed by atoms with E-state index in [9.17, 15) is 9.59 Å². The van der Waals surface area contributed by atoms with Gasteiger partial charge in [-0.3, -0.25) is 4.79 Å². The summed E-state index contributed by atoms with van der Waals surface area (Å²) in [4.78, 5) is 24.3. The molecule has 1 aromatic rings. The third kappa shape index (κ3) is 6.30. The van der Waals surface area contributed by atoms with Gasteiger partial charge in [0.15, 0.2) is 18.1 Å². The molecular formula is C20H29NO7. The summed E-state index contributed by atoms with van der Waals surface area (Å²) in [6, 6.07) is 3.06. The molecule has 2 rings (SSSR count). The zero-order chi connectivity index (χ0) is 20.4. The van der Waals surface area contributed by atoms with Crippen LogP contribution in [0.25, 0.3) is 0 Å². The highest BCUT2D eigenvalue weighted by molar-refractivity contribution is 5.92. The van der Waals surface area contributed by atoms with E-state index in [-0.39, 0.29) is 24.2 Å². The number of hydrogen-bond donors (Lipinski definition) is 1. The SMILES string of the molecule is CCOc1cc(C(=O)OCC(=O)NCC2CCCO2)cc(OCC)c1OCC. The van der Waals surface area contributed by atoms with E-state index >= 15 is 0 Å². The van der Waals surface area contributed by atoms with Crippen LogP contribution in [0.1, 0.15) is 44.0 Å². The van der Waals surface area contributed by atoms with E-state index in [4.69, 9.17) is 23.7 Å². The van der Waals surface area contributed by atoms with Gasteiger partial charge >= 0.3 is 5.97 Å². The predicted octanol–water partition coefficient (Wildman–Crippen LogP) is 2.33. The van der Waals surface area contributed by atoms with Gasteiger partial charge in [-0.2, -0.15) is 0 Å². The maximum atomic E-state index is 12.4. The number of carbonyl (C=O) groups is 2. The number of rotatable bonds is 11. The second-order valence-electron chi connectivity index (χ2n) is 6.12. The fourth-order valence-electron chi connectivity index (χ4n) is 2.80. The van der Waals surface area contributed by atoms with Gasteiger partial charge in [0.2, 0.25) is 5.75 Å². The summed E-state index contributed by atoms with van der Waals surface area (Å²) in [5.41, 5.74) is 0.224. The molecule has 1 fully saturated rings. The maximum Gasteiger partial charge on any atom is 0.338 e. The number of amides is 1. The van der Waals surface area contributed by atoms with Crippen LogP contribution in [0.15, 0.2) is 12.1 Å². The molecule has 1 aliphatic heterocycles. The summed E-state index contributed by atoms with van der Waals surface area (Å²) >= 11 is 0. The summed E-state index contributed by atoms with van der Waals surface area (Å²) in [6.45, 7) is 7.51. The summed E-state index contributed by atoms with van der Waals surface area (Å²) in [7, 11) is 0. The van der Waals surface area contributed by atoms with Gasteiger partial charge in [0.1, 0.15) is 0 Å². The lowest BCUT2D eigenvalue weighted by Crippen LogP contribution is -2.34. The van der Waals surface area contributed by atoms with Crippen LogP contribution in [0.5, 0.6) is 17.2 Å². The van der Waals surface area contributed by atoms with Crippen molar-refractivity contribution in [1.82, 2.24) is 5.32 Å². The Morgan fingerprint density at radius 3 is 2.25 bits per heavy atom. The first-order valence-electron chi connectivity index (χ1n) is 9.70. The molecule has 1 aromatic carbocycles. The first kappa shape index (κ1) is 21.8. The molecule has 0 aromatic heterocycles. The van der Waals surface area contributed by atoms with E-state index in [2.05, 4.69) is 5.32 Å². The Bertz CT molecular complexity index is 629. The average Bonchev–Trinajstić information content (AvgIpc) is 3.20. The molecule has 0 aliphatic carbocycles. The Balaban J connectivity index is 2.01. The van der Waals surface area contributed by atoms with Crippen molar-refractivity contribution < 1.29 is 33.3 Å². The van der Waals surface area contributed by atoms with Crippen LogP contribution < -0.4 is 19.5 Å². The van der Waals surface area contributed by atoms with E-state index in [1.807, 2.05) is 20.8 Å². The molecular weight excluding hydrogens is 366 g/mol. The lowest BCUT2D eigenvalue weighted by atomic mass is 10.2. The summed E-state index contributed by atoms with van der Waals surface area (Å²) < 4.78 is 27.3. The highest BCUT2D eigenvalue weighted by Crippen LogP contribution is 2.39. The first-order chi connectivity index (χ1) is 13.6. The van der Waals surface area contributed by atoms with Gasteiger partial charge in [0.25, 0.3) is 5.91 Å². The van der Waals surface area contributed by atoms with Crippen molar-refractivity contribution in [2.75, 3.05) is 39.6 Å². The quantitative estimate of drug-likeness (QED) is 0.575. The normalized spacial score (nSPS) is 15.8. The third-order valence-electron chi connectivity index (χ3n) is 4.03. The standard InChI is InChI=1S/C20H29NO7/c1-4-24-16-10-14(11-17(25-5-2)19(16)26-6-3)20(23)28-13-18(22)21-12-15-8-7-9-27-15/h10-11,15H,4-9,12-13H2,1-3H3,(H,21,22). The summed E-state index contributed by atoms with van der Waals surface area (Å²) in [5, 5.41) is 2.71. The molecule has 0 bridgehead atoms. The molecule has 1 amide bonds. The number of nitrogens with one attached hydrogen (secondary N) is 1. The second-order valence-corrected chi connectivity index (χ2v) is 6.12. The van der Waals surface area contributed by atoms with E-state index < -0.39 is 5.97 Å². The molecule has 8 nitrogen and oxygen atoms in total. The minimum Gasteiger partial charge on any atom is -0.490 e. The van der Waals surface area contributed by atoms with Crippen molar-refractivity contribution >= 4 is 11.9 Å². The molecule has 1 aliphatic rings. The van der Waals surface area contributed by atoms with E-state index in [0.717, 1.165) is 19.4 Å². The van der Waals surface area contributed by atoms with Gasteiger partial charge in [0, 0.05) is 13.2 Å². The molecule has 1 unspecified atom stereocenters. The number of carbonyl (C=O) groups excluding carboxylic acids is 2. The van der Waals surface area contributed by atoms with E-state index in [1.165, 1.54) is 12.1 Å². The predicted molar refractivity (Wildman–Crippen MR) is 102 cm³/mol. The van der Waals surface area contributed by atoms with Crippen LogP contribution >= 0.6 is 0 Å². The molecule has 28 heavy (non-hydrogen) atoms. The minimum atomic E-state index is -0.641.